The minimum Gasteiger partial charge on any atom is -0.0620 e. The number of halogens is 1. The molecule has 0 bridgehead atoms. The smallest absolute Gasteiger partial charge is 0.0620 e. The van der Waals surface area contributed by atoms with Gasteiger partial charge in [0.1, 0.15) is 0 Å². The first-order valence-corrected chi connectivity index (χ1v) is 22.5. The molecular weight excluding hydrogens is 756 g/mol. The molecule has 0 nitrogen and oxygen atoms in total. The van der Waals surface area contributed by atoms with Crippen LogP contribution < -0.4 is 26.5 Å². The molecule has 5 aromatic carbocycles. The van der Waals surface area contributed by atoms with Crippen molar-refractivity contribution in [2.24, 2.45) is 0 Å². The molecule has 41 heavy (non-hydrogen) atoms. The van der Waals surface area contributed by atoms with Crippen molar-refractivity contribution in [1.82, 2.24) is 0 Å². The van der Waals surface area contributed by atoms with Crippen molar-refractivity contribution in [3.05, 3.63) is 152 Å². The van der Waals surface area contributed by atoms with Crippen LogP contribution in [0.4, 0.5) is 0 Å². The third-order valence-corrected chi connectivity index (χ3v) is 16.4. The van der Waals surface area contributed by atoms with E-state index in [2.05, 4.69) is 161 Å². The Morgan fingerprint density at radius 2 is 0.585 bits per heavy atom. The van der Waals surface area contributed by atoms with Gasteiger partial charge in [-0.2, -0.15) is 0 Å². The second kappa shape index (κ2) is 18.8. The molecule has 0 atom stereocenters. The fourth-order valence-electron chi connectivity index (χ4n) is 5.51. The summed E-state index contributed by atoms with van der Waals surface area (Å²) in [6, 6.07) is 56.5. The van der Waals surface area contributed by atoms with E-state index in [1.165, 1.54) is 37.5 Å². The molecular formula is C36H40ClP3Pt+4. The molecule has 0 unspecified atom stereocenters. The van der Waals surface area contributed by atoms with Gasteiger partial charge >= 0.3 is 28.2 Å². The molecule has 5 rings (SSSR count). The molecule has 0 amide bonds. The molecule has 0 spiro atoms. The molecule has 5 heteroatoms. The predicted molar refractivity (Wildman–Crippen MR) is 190 cm³/mol. The molecule has 0 saturated carbocycles. The Balaban J connectivity index is 0.00000189. The van der Waals surface area contributed by atoms with E-state index in [-0.39, 0.29) is 0 Å². The van der Waals surface area contributed by atoms with Crippen molar-refractivity contribution in [2.45, 2.75) is 12.8 Å². The third kappa shape index (κ3) is 10.2. The van der Waals surface area contributed by atoms with Gasteiger partial charge in [-0.05, 0) is 60.7 Å². The van der Waals surface area contributed by atoms with Crippen LogP contribution in [0.3, 0.4) is 0 Å². The maximum atomic E-state index is 4.61. The van der Waals surface area contributed by atoms with Gasteiger partial charge < -0.3 is 0 Å². The van der Waals surface area contributed by atoms with Crippen molar-refractivity contribution in [3.63, 3.8) is 0 Å². The minimum atomic E-state index is -0.760. The molecule has 0 saturated heterocycles. The average Bonchev–Trinajstić information content (AvgIpc) is 3.07. The van der Waals surface area contributed by atoms with Gasteiger partial charge in [0, 0.05) is 20.8 Å². The Bertz CT molecular complexity index is 1190. The molecule has 0 heterocycles. The normalized spacial score (nSPS) is 11.0. The van der Waals surface area contributed by atoms with Crippen LogP contribution in [0.1, 0.15) is 12.8 Å². The van der Waals surface area contributed by atoms with E-state index in [4.69, 9.17) is 0 Å². The summed E-state index contributed by atoms with van der Waals surface area (Å²) in [7, 11) is 2.48. The van der Waals surface area contributed by atoms with Crippen LogP contribution in [0, 0.1) is 0 Å². The Labute approximate surface area is 266 Å². The SMILES string of the molecule is [Cl][Pt+].c1ccc([PH+](CCC[PH+](c2ccccc2)c2ccccc2)CCC[PH+](c2ccccc2)c2ccccc2)cc1. The van der Waals surface area contributed by atoms with Crippen molar-refractivity contribution < 1.29 is 18.8 Å². The zero-order valence-electron chi connectivity index (χ0n) is 23.4. The summed E-state index contributed by atoms with van der Waals surface area (Å²) in [6.07, 6.45) is 7.97. The Kier molecular flexibility index (Phi) is 14.8. The summed E-state index contributed by atoms with van der Waals surface area (Å²) < 4.78 is 0. The van der Waals surface area contributed by atoms with Crippen molar-refractivity contribution in [1.29, 1.82) is 0 Å². The van der Waals surface area contributed by atoms with Gasteiger partial charge in [-0.15, -0.1) is 0 Å². The first-order chi connectivity index (χ1) is 20.4. The molecule has 0 aliphatic carbocycles. The van der Waals surface area contributed by atoms with Gasteiger partial charge in [-0.1, -0.05) is 91.0 Å². The van der Waals surface area contributed by atoms with Gasteiger partial charge in [0.05, 0.1) is 67.0 Å². The number of hydrogen-bond donors (Lipinski definition) is 0. The molecule has 0 N–H and O–H groups in total. The molecule has 0 aliphatic heterocycles. The average molecular weight is 796 g/mol. The fraction of sp³-hybridized carbons (Fsp3) is 0.167. The number of hydrogen-bond acceptors (Lipinski definition) is 0. The maximum absolute atomic E-state index is 4.61. The Hall–Kier alpha value is -1.63. The summed E-state index contributed by atoms with van der Waals surface area (Å²) >= 11 is 1.61. The minimum absolute atomic E-state index is 0.606. The van der Waals surface area contributed by atoms with E-state index in [1.807, 2.05) is 0 Å². The van der Waals surface area contributed by atoms with Crippen molar-refractivity contribution >= 4 is 59.7 Å². The van der Waals surface area contributed by atoms with Gasteiger partial charge in [-0.25, -0.2) is 0 Å². The van der Waals surface area contributed by atoms with Gasteiger partial charge in [0.25, 0.3) is 0 Å². The van der Waals surface area contributed by atoms with Crippen LogP contribution >= 0.6 is 33.2 Å². The first kappa shape index (κ1) is 32.3. The molecule has 212 valence electrons. The Morgan fingerprint density at radius 3 is 0.854 bits per heavy atom. The van der Waals surface area contributed by atoms with Crippen LogP contribution in [-0.2, 0) is 18.8 Å². The van der Waals surface area contributed by atoms with Crippen LogP contribution in [0.2, 0.25) is 0 Å². The van der Waals surface area contributed by atoms with Gasteiger partial charge in [-0.3, -0.25) is 0 Å². The van der Waals surface area contributed by atoms with E-state index >= 15 is 0 Å². The van der Waals surface area contributed by atoms with E-state index < -0.39 is 23.8 Å². The van der Waals surface area contributed by atoms with Gasteiger partial charge in [0.2, 0.25) is 0 Å². The van der Waals surface area contributed by atoms with Crippen molar-refractivity contribution in [2.75, 3.05) is 24.6 Å². The topological polar surface area (TPSA) is 0 Å². The van der Waals surface area contributed by atoms with Crippen LogP contribution in [0.15, 0.2) is 152 Å². The van der Waals surface area contributed by atoms with E-state index in [0.717, 1.165) is 0 Å². The van der Waals surface area contributed by atoms with Gasteiger partial charge in [0.15, 0.2) is 0 Å². The molecule has 0 aromatic heterocycles. The standard InChI is InChI=1S/C36H37P3.ClH.Pt/c1-6-18-32(19-7-1)37(28-16-30-38(33-20-8-2-9-21-33)34-22-10-3-11-23-34)29-17-31-39(35-24-12-4-13-25-35)36-26-14-5-15-27-36;;/h1-15,18-27H,16-17,28-31H2;1H;/q;;+2/p+2. The maximum Gasteiger partial charge on any atom is 0.0966 e. The van der Waals surface area contributed by atoms with Crippen LogP contribution in [0.5, 0.6) is 0 Å². The van der Waals surface area contributed by atoms with Crippen molar-refractivity contribution in [3.8, 4) is 0 Å². The summed E-state index contributed by atoms with van der Waals surface area (Å²) in [4.78, 5) is 0. The van der Waals surface area contributed by atoms with Crippen LogP contribution in [0.25, 0.3) is 0 Å². The number of benzene rings is 5. The predicted octanol–water partition coefficient (Wildman–Crippen LogP) is 7.72. The van der Waals surface area contributed by atoms with E-state index in [0.29, 0.717) is 0 Å². The second-order valence-electron chi connectivity index (χ2n) is 10.1. The summed E-state index contributed by atoms with van der Waals surface area (Å²) in [6.45, 7) is 0. The molecule has 0 radical (unpaired) electrons. The third-order valence-electron chi connectivity index (χ3n) is 7.48. The summed E-state index contributed by atoms with van der Waals surface area (Å²) in [5.74, 6) is 0. The zero-order chi connectivity index (χ0) is 28.5. The first-order valence-electron chi connectivity index (χ1n) is 14.3. The second-order valence-corrected chi connectivity index (χ2v) is 18.1. The summed E-state index contributed by atoms with van der Waals surface area (Å²) in [5.41, 5.74) is 0. The fourth-order valence-corrected chi connectivity index (χ4v) is 14.2. The number of rotatable bonds is 13. The molecule has 0 fully saturated rings. The summed E-state index contributed by atoms with van der Waals surface area (Å²) in [5, 5.41) is 7.78. The largest absolute Gasteiger partial charge is 0.0966 e. The zero-order valence-corrected chi connectivity index (χ0v) is 29.4. The molecule has 5 aromatic rings. The Morgan fingerprint density at radius 1 is 0.341 bits per heavy atom. The van der Waals surface area contributed by atoms with E-state index in [1.54, 1.807) is 45.3 Å². The molecule has 0 aliphatic rings. The monoisotopic (exact) mass is 795 g/mol. The van der Waals surface area contributed by atoms with E-state index in [9.17, 15) is 0 Å². The van der Waals surface area contributed by atoms with Crippen LogP contribution in [-0.4, -0.2) is 24.6 Å². The quantitative estimate of drug-likeness (QED) is 0.107.